The second-order valence-corrected chi connectivity index (χ2v) is 10.3. The number of para-hydroxylation sites is 1. The van der Waals surface area contributed by atoms with Crippen molar-refractivity contribution < 1.29 is 14.3 Å². The van der Waals surface area contributed by atoms with E-state index in [4.69, 9.17) is 4.74 Å². The summed E-state index contributed by atoms with van der Waals surface area (Å²) in [6.45, 7) is 6.72. The van der Waals surface area contributed by atoms with E-state index in [0.29, 0.717) is 12.1 Å². The monoisotopic (exact) mass is 522 g/mol. The van der Waals surface area contributed by atoms with E-state index in [2.05, 4.69) is 39.5 Å². The zero-order valence-electron chi connectivity index (χ0n) is 22.2. The molecule has 4 aromatic rings. The summed E-state index contributed by atoms with van der Waals surface area (Å²) in [6.07, 6.45) is 0.858. The number of nitrogens with one attached hydrogen (secondary N) is 2. The number of rotatable bonds is 8. The second kappa shape index (κ2) is 11.0. The lowest BCUT2D eigenvalue weighted by Gasteiger charge is -2.31. The van der Waals surface area contributed by atoms with Gasteiger partial charge in [-0.05, 0) is 43.1 Å². The number of fused-ring (bicyclic) bond motifs is 2. The third-order valence-electron chi connectivity index (χ3n) is 7.93. The first-order valence-electron chi connectivity index (χ1n) is 13.8. The van der Waals surface area contributed by atoms with Crippen molar-refractivity contribution in [3.63, 3.8) is 0 Å². The average molecular weight is 523 g/mol. The van der Waals surface area contributed by atoms with Gasteiger partial charge in [-0.25, -0.2) is 0 Å². The minimum atomic E-state index is -0.643. The Bertz CT molecular complexity index is 1480. The molecule has 2 N–H and O–H groups in total. The highest BCUT2D eigenvalue weighted by atomic mass is 16.5. The average Bonchev–Trinajstić information content (AvgIpc) is 3.51. The van der Waals surface area contributed by atoms with E-state index in [1.807, 2.05) is 61.5 Å². The van der Waals surface area contributed by atoms with Crippen molar-refractivity contribution in [1.82, 2.24) is 20.1 Å². The fraction of sp³-hybridized carbons (Fsp3) is 0.312. The van der Waals surface area contributed by atoms with E-state index in [1.54, 1.807) is 4.90 Å². The predicted octanol–water partition coefficient (Wildman–Crippen LogP) is 4.61. The molecule has 39 heavy (non-hydrogen) atoms. The van der Waals surface area contributed by atoms with Crippen LogP contribution in [-0.4, -0.2) is 72.0 Å². The lowest BCUT2D eigenvalue weighted by molar-refractivity contribution is -0.125. The van der Waals surface area contributed by atoms with Gasteiger partial charge in [0.1, 0.15) is 6.04 Å². The van der Waals surface area contributed by atoms with Crippen molar-refractivity contribution >= 4 is 22.7 Å². The summed E-state index contributed by atoms with van der Waals surface area (Å²) in [7, 11) is 0. The number of ether oxygens (including phenoxy) is 1. The molecule has 0 spiro atoms. The standard InChI is InChI=1S/C32H34N4O3/c1-22(31(37)33-16-9-17-35-18-20-39-21-19-35)36-30(24-12-5-6-13-25(24)32(36)38)28-26-14-7-8-15-27(26)34-29(28)23-10-3-2-4-11-23/h2-8,10-15,22,30,34H,9,16-21H2,1H3,(H,33,37)/t22-,30+/m0/s1. The molecular formula is C32H34N4O3. The molecule has 2 atom stereocenters. The Morgan fingerprint density at radius 2 is 1.72 bits per heavy atom. The van der Waals surface area contributed by atoms with Crippen LogP contribution in [0.25, 0.3) is 22.2 Å². The van der Waals surface area contributed by atoms with Crippen LogP contribution in [-0.2, 0) is 9.53 Å². The molecule has 7 heteroatoms. The van der Waals surface area contributed by atoms with Gasteiger partial charge in [0, 0.05) is 41.7 Å². The Balaban J connectivity index is 1.33. The van der Waals surface area contributed by atoms with Crippen LogP contribution in [0.5, 0.6) is 0 Å². The van der Waals surface area contributed by atoms with Gasteiger partial charge in [-0.1, -0.05) is 66.7 Å². The Kier molecular flexibility index (Phi) is 7.18. The number of nitrogens with zero attached hydrogens (tertiary/aromatic N) is 2. The Hall–Kier alpha value is -3.94. The van der Waals surface area contributed by atoms with Crippen molar-refractivity contribution in [3.8, 4) is 11.3 Å². The number of aromatic amines is 1. The Morgan fingerprint density at radius 3 is 2.54 bits per heavy atom. The topological polar surface area (TPSA) is 77.7 Å². The summed E-state index contributed by atoms with van der Waals surface area (Å²) < 4.78 is 5.42. The van der Waals surface area contributed by atoms with E-state index in [0.717, 1.165) is 72.6 Å². The zero-order valence-corrected chi connectivity index (χ0v) is 22.2. The van der Waals surface area contributed by atoms with Crippen LogP contribution in [0.2, 0.25) is 0 Å². The molecule has 1 fully saturated rings. The molecule has 7 nitrogen and oxygen atoms in total. The maximum atomic E-state index is 13.9. The van der Waals surface area contributed by atoms with E-state index >= 15 is 0 Å². The minimum absolute atomic E-state index is 0.115. The van der Waals surface area contributed by atoms with Gasteiger partial charge in [0.15, 0.2) is 0 Å². The molecule has 6 rings (SSSR count). The summed E-state index contributed by atoms with van der Waals surface area (Å²) in [6, 6.07) is 25.1. The zero-order chi connectivity index (χ0) is 26.8. The first kappa shape index (κ1) is 25.3. The molecule has 0 radical (unpaired) electrons. The third-order valence-corrected chi connectivity index (χ3v) is 7.93. The Labute approximate surface area is 228 Å². The van der Waals surface area contributed by atoms with Crippen molar-refractivity contribution in [2.45, 2.75) is 25.4 Å². The summed E-state index contributed by atoms with van der Waals surface area (Å²) in [5.41, 5.74) is 5.61. The SMILES string of the molecule is C[C@@H](C(=O)NCCCN1CCOCC1)N1C(=O)c2ccccc2[C@@H]1c1c(-c2ccccc2)[nH]c2ccccc12. The van der Waals surface area contributed by atoms with E-state index < -0.39 is 12.1 Å². The second-order valence-electron chi connectivity index (χ2n) is 10.3. The summed E-state index contributed by atoms with van der Waals surface area (Å²) in [5.74, 6) is -0.250. The maximum absolute atomic E-state index is 13.9. The third kappa shape index (κ3) is 4.84. The van der Waals surface area contributed by atoms with Crippen molar-refractivity contribution in [3.05, 3.63) is 95.6 Å². The molecule has 0 bridgehead atoms. The van der Waals surface area contributed by atoms with Crippen LogP contribution in [0.3, 0.4) is 0 Å². The van der Waals surface area contributed by atoms with E-state index in [1.165, 1.54) is 0 Å². The van der Waals surface area contributed by atoms with Gasteiger partial charge in [-0.2, -0.15) is 0 Å². The number of carbonyl (C=O) groups is 2. The van der Waals surface area contributed by atoms with E-state index in [9.17, 15) is 9.59 Å². The molecule has 0 saturated carbocycles. The van der Waals surface area contributed by atoms with Crippen LogP contribution < -0.4 is 5.32 Å². The molecular weight excluding hydrogens is 488 g/mol. The van der Waals surface area contributed by atoms with Gasteiger partial charge in [-0.15, -0.1) is 0 Å². The molecule has 0 aliphatic carbocycles. The molecule has 1 aromatic heterocycles. The predicted molar refractivity (Wildman–Crippen MR) is 153 cm³/mol. The molecule has 2 aliphatic rings. The molecule has 3 heterocycles. The summed E-state index contributed by atoms with van der Waals surface area (Å²) in [4.78, 5) is 35.1. The molecule has 1 saturated heterocycles. The Morgan fingerprint density at radius 1 is 1.00 bits per heavy atom. The van der Waals surface area contributed by atoms with E-state index in [-0.39, 0.29) is 11.8 Å². The fourth-order valence-electron chi connectivity index (χ4n) is 5.92. The lowest BCUT2D eigenvalue weighted by atomic mass is 9.92. The molecule has 0 unspecified atom stereocenters. The number of morpholine rings is 1. The molecule has 2 aliphatic heterocycles. The number of hydrogen-bond donors (Lipinski definition) is 2. The summed E-state index contributed by atoms with van der Waals surface area (Å²) >= 11 is 0. The molecule has 2 amide bonds. The van der Waals surface area contributed by atoms with Crippen molar-refractivity contribution in [1.29, 1.82) is 0 Å². The van der Waals surface area contributed by atoms with Gasteiger partial charge in [0.05, 0.1) is 24.9 Å². The van der Waals surface area contributed by atoms with Crippen LogP contribution >= 0.6 is 0 Å². The van der Waals surface area contributed by atoms with Gasteiger partial charge in [0.2, 0.25) is 5.91 Å². The van der Waals surface area contributed by atoms with Gasteiger partial charge in [-0.3, -0.25) is 14.5 Å². The lowest BCUT2D eigenvalue weighted by Crippen LogP contribution is -2.47. The first-order valence-corrected chi connectivity index (χ1v) is 13.8. The normalized spacial score (nSPS) is 18.3. The highest BCUT2D eigenvalue weighted by Gasteiger charge is 2.44. The number of H-pyrrole nitrogens is 1. The van der Waals surface area contributed by atoms with Gasteiger partial charge < -0.3 is 19.9 Å². The smallest absolute Gasteiger partial charge is 0.255 e. The number of carbonyl (C=O) groups excluding carboxylic acids is 2. The van der Waals surface area contributed by atoms with Crippen LogP contribution in [0, 0.1) is 0 Å². The van der Waals surface area contributed by atoms with Gasteiger partial charge >= 0.3 is 0 Å². The van der Waals surface area contributed by atoms with Gasteiger partial charge in [0.25, 0.3) is 5.91 Å². The quantitative estimate of drug-likeness (QED) is 0.332. The number of benzene rings is 3. The minimum Gasteiger partial charge on any atom is -0.379 e. The fourth-order valence-corrected chi connectivity index (χ4v) is 5.92. The molecule has 200 valence electrons. The van der Waals surface area contributed by atoms with Crippen LogP contribution in [0.15, 0.2) is 78.9 Å². The number of hydrogen-bond acceptors (Lipinski definition) is 4. The number of aromatic nitrogens is 1. The molecule has 3 aromatic carbocycles. The highest BCUT2D eigenvalue weighted by Crippen LogP contribution is 2.46. The van der Waals surface area contributed by atoms with Crippen LogP contribution in [0.4, 0.5) is 0 Å². The van der Waals surface area contributed by atoms with Crippen molar-refractivity contribution in [2.24, 2.45) is 0 Å². The maximum Gasteiger partial charge on any atom is 0.255 e. The first-order chi connectivity index (χ1) is 19.1. The largest absolute Gasteiger partial charge is 0.379 e. The highest BCUT2D eigenvalue weighted by molar-refractivity contribution is 6.04. The number of amides is 2. The van der Waals surface area contributed by atoms with Crippen LogP contribution in [0.1, 0.15) is 40.9 Å². The summed E-state index contributed by atoms with van der Waals surface area (Å²) in [5, 5.41) is 4.15. The van der Waals surface area contributed by atoms with Crippen molar-refractivity contribution in [2.75, 3.05) is 39.4 Å².